The maximum atomic E-state index is 9.80. The molecule has 0 bridgehead atoms. The molecule has 2 aliphatic rings. The van der Waals surface area contributed by atoms with Crippen LogP contribution in [0.3, 0.4) is 0 Å². The summed E-state index contributed by atoms with van der Waals surface area (Å²) in [5, 5.41) is 9.80. The second kappa shape index (κ2) is 4.40. The van der Waals surface area contributed by atoms with E-state index in [1.807, 2.05) is 0 Å². The standard InChI is InChI=1S/C10H18O3/c11-9(6-8-2-1-3-8)10-7-12-4-5-13-10/h8-11H,1-7H2. The summed E-state index contributed by atoms with van der Waals surface area (Å²) in [6.07, 6.45) is 4.41. The lowest BCUT2D eigenvalue weighted by atomic mass is 9.80. The summed E-state index contributed by atoms with van der Waals surface area (Å²) in [5.74, 6) is 0.737. The Morgan fingerprint density at radius 2 is 2.15 bits per heavy atom. The van der Waals surface area contributed by atoms with Gasteiger partial charge in [0.15, 0.2) is 0 Å². The van der Waals surface area contributed by atoms with Crippen molar-refractivity contribution in [3.63, 3.8) is 0 Å². The first-order chi connectivity index (χ1) is 6.36. The maximum absolute atomic E-state index is 9.80. The topological polar surface area (TPSA) is 38.7 Å². The van der Waals surface area contributed by atoms with Crippen LogP contribution in [-0.2, 0) is 9.47 Å². The number of hydrogen-bond acceptors (Lipinski definition) is 3. The van der Waals surface area contributed by atoms with Crippen molar-refractivity contribution in [3.05, 3.63) is 0 Å². The molecule has 0 aromatic heterocycles. The van der Waals surface area contributed by atoms with E-state index in [2.05, 4.69) is 0 Å². The lowest BCUT2D eigenvalue weighted by Crippen LogP contribution is -2.40. The Morgan fingerprint density at radius 3 is 2.69 bits per heavy atom. The second-order valence-electron chi connectivity index (χ2n) is 4.08. The number of hydrogen-bond donors (Lipinski definition) is 1. The van der Waals surface area contributed by atoms with Gasteiger partial charge in [-0.05, 0) is 12.3 Å². The van der Waals surface area contributed by atoms with Gasteiger partial charge in [0.05, 0.1) is 25.9 Å². The molecule has 1 aliphatic carbocycles. The minimum Gasteiger partial charge on any atom is -0.390 e. The molecule has 3 nitrogen and oxygen atoms in total. The summed E-state index contributed by atoms with van der Waals surface area (Å²) < 4.78 is 10.7. The molecule has 0 amide bonds. The lowest BCUT2D eigenvalue weighted by molar-refractivity contribution is -0.137. The van der Waals surface area contributed by atoms with Gasteiger partial charge in [-0.1, -0.05) is 19.3 Å². The predicted octanol–water partition coefficient (Wildman–Crippen LogP) is 0.953. The Kier molecular flexibility index (Phi) is 3.19. The SMILES string of the molecule is OC(CC1CCC1)C1COCCO1. The van der Waals surface area contributed by atoms with Crippen LogP contribution in [0.4, 0.5) is 0 Å². The van der Waals surface area contributed by atoms with Crippen LogP contribution >= 0.6 is 0 Å². The molecule has 2 unspecified atom stereocenters. The number of rotatable bonds is 3. The van der Waals surface area contributed by atoms with E-state index in [1.165, 1.54) is 19.3 Å². The molecular weight excluding hydrogens is 168 g/mol. The molecule has 1 heterocycles. The molecule has 13 heavy (non-hydrogen) atoms. The van der Waals surface area contributed by atoms with E-state index < -0.39 is 0 Å². The Morgan fingerprint density at radius 1 is 1.31 bits per heavy atom. The van der Waals surface area contributed by atoms with Gasteiger partial charge in [0.1, 0.15) is 6.10 Å². The fourth-order valence-electron chi connectivity index (χ4n) is 1.95. The van der Waals surface area contributed by atoms with Gasteiger partial charge in [-0.3, -0.25) is 0 Å². The number of ether oxygens (including phenoxy) is 2. The summed E-state index contributed by atoms with van der Waals surface area (Å²) in [6, 6.07) is 0. The molecule has 0 radical (unpaired) electrons. The van der Waals surface area contributed by atoms with Crippen LogP contribution in [0.5, 0.6) is 0 Å². The Labute approximate surface area is 79.0 Å². The van der Waals surface area contributed by atoms with Crippen molar-refractivity contribution in [1.82, 2.24) is 0 Å². The zero-order chi connectivity index (χ0) is 9.10. The molecule has 0 aromatic carbocycles. The lowest BCUT2D eigenvalue weighted by Gasteiger charge is -2.32. The summed E-state index contributed by atoms with van der Waals surface area (Å²) in [4.78, 5) is 0. The van der Waals surface area contributed by atoms with E-state index in [1.54, 1.807) is 0 Å². The molecule has 2 rings (SSSR count). The molecule has 1 N–H and O–H groups in total. The Hall–Kier alpha value is -0.120. The van der Waals surface area contributed by atoms with Crippen LogP contribution in [0.15, 0.2) is 0 Å². The van der Waals surface area contributed by atoms with Crippen LogP contribution in [0.25, 0.3) is 0 Å². The normalized spacial score (nSPS) is 32.5. The molecule has 76 valence electrons. The summed E-state index contributed by atoms with van der Waals surface area (Å²) in [6.45, 7) is 1.87. The van der Waals surface area contributed by atoms with Crippen molar-refractivity contribution in [2.45, 2.75) is 37.9 Å². The van der Waals surface area contributed by atoms with Gasteiger partial charge in [-0.2, -0.15) is 0 Å². The minimum absolute atomic E-state index is 0.0747. The monoisotopic (exact) mass is 186 g/mol. The number of aliphatic hydroxyl groups excluding tert-OH is 1. The molecule has 0 aromatic rings. The van der Waals surface area contributed by atoms with E-state index >= 15 is 0 Å². The van der Waals surface area contributed by atoms with E-state index in [0.29, 0.717) is 19.8 Å². The maximum Gasteiger partial charge on any atom is 0.107 e. The molecule has 0 spiro atoms. The van der Waals surface area contributed by atoms with E-state index in [4.69, 9.17) is 9.47 Å². The first-order valence-electron chi connectivity index (χ1n) is 5.23. The molecule has 3 heteroatoms. The van der Waals surface area contributed by atoms with E-state index in [9.17, 15) is 5.11 Å². The highest BCUT2D eigenvalue weighted by molar-refractivity contribution is 4.78. The zero-order valence-electron chi connectivity index (χ0n) is 7.95. The fraction of sp³-hybridized carbons (Fsp3) is 1.00. The Bertz CT molecular complexity index is 150. The average molecular weight is 186 g/mol. The van der Waals surface area contributed by atoms with Crippen molar-refractivity contribution in [1.29, 1.82) is 0 Å². The third-order valence-electron chi connectivity index (χ3n) is 3.07. The second-order valence-corrected chi connectivity index (χ2v) is 4.08. The van der Waals surface area contributed by atoms with Crippen molar-refractivity contribution in [3.8, 4) is 0 Å². The molecule has 1 saturated heterocycles. The molecule has 1 saturated carbocycles. The van der Waals surface area contributed by atoms with E-state index in [0.717, 1.165) is 12.3 Å². The van der Waals surface area contributed by atoms with Gasteiger partial charge < -0.3 is 14.6 Å². The average Bonchev–Trinajstić information content (AvgIpc) is 2.12. The third-order valence-corrected chi connectivity index (χ3v) is 3.07. The molecule has 2 atom stereocenters. The van der Waals surface area contributed by atoms with Gasteiger partial charge in [-0.15, -0.1) is 0 Å². The van der Waals surface area contributed by atoms with Crippen LogP contribution in [-0.4, -0.2) is 37.1 Å². The van der Waals surface area contributed by atoms with Crippen LogP contribution < -0.4 is 0 Å². The van der Waals surface area contributed by atoms with Crippen LogP contribution in [0.2, 0.25) is 0 Å². The highest BCUT2D eigenvalue weighted by Crippen LogP contribution is 2.31. The molecule has 1 aliphatic heterocycles. The largest absolute Gasteiger partial charge is 0.390 e. The third kappa shape index (κ3) is 2.42. The summed E-state index contributed by atoms with van der Waals surface area (Å²) in [7, 11) is 0. The smallest absolute Gasteiger partial charge is 0.107 e. The first kappa shape index (κ1) is 9.44. The van der Waals surface area contributed by atoms with Gasteiger partial charge in [0.2, 0.25) is 0 Å². The number of aliphatic hydroxyl groups is 1. The zero-order valence-corrected chi connectivity index (χ0v) is 7.95. The van der Waals surface area contributed by atoms with Gasteiger partial charge in [-0.25, -0.2) is 0 Å². The van der Waals surface area contributed by atoms with E-state index in [-0.39, 0.29) is 12.2 Å². The highest BCUT2D eigenvalue weighted by Gasteiger charge is 2.28. The Balaban J connectivity index is 1.70. The van der Waals surface area contributed by atoms with Gasteiger partial charge in [0, 0.05) is 0 Å². The van der Waals surface area contributed by atoms with Crippen LogP contribution in [0.1, 0.15) is 25.7 Å². The van der Waals surface area contributed by atoms with Crippen molar-refractivity contribution in [2.24, 2.45) is 5.92 Å². The quantitative estimate of drug-likeness (QED) is 0.713. The summed E-state index contributed by atoms with van der Waals surface area (Å²) >= 11 is 0. The van der Waals surface area contributed by atoms with Gasteiger partial charge >= 0.3 is 0 Å². The summed E-state index contributed by atoms with van der Waals surface area (Å²) in [5.41, 5.74) is 0. The van der Waals surface area contributed by atoms with Crippen molar-refractivity contribution >= 4 is 0 Å². The minimum atomic E-state index is -0.314. The highest BCUT2D eigenvalue weighted by atomic mass is 16.6. The molecule has 2 fully saturated rings. The fourth-order valence-corrected chi connectivity index (χ4v) is 1.95. The first-order valence-corrected chi connectivity index (χ1v) is 5.23. The van der Waals surface area contributed by atoms with Crippen molar-refractivity contribution < 1.29 is 14.6 Å². The van der Waals surface area contributed by atoms with Crippen molar-refractivity contribution in [2.75, 3.05) is 19.8 Å². The van der Waals surface area contributed by atoms with Crippen LogP contribution in [0, 0.1) is 5.92 Å². The van der Waals surface area contributed by atoms with Gasteiger partial charge in [0.25, 0.3) is 0 Å². The molecular formula is C10H18O3. The predicted molar refractivity (Wildman–Crippen MR) is 48.5 cm³/mol.